The lowest BCUT2D eigenvalue weighted by atomic mass is 9.46. The fraction of sp³-hybridized carbons (Fsp3) is 0.957. The number of carbonyl (C=O) groups is 1. The Morgan fingerprint density at radius 3 is 2.62 bits per heavy atom. The Labute approximate surface area is 159 Å². The average Bonchev–Trinajstić information content (AvgIpc) is 2.96. The smallest absolute Gasteiger partial charge is 0.303 e. The topological polar surface area (TPSA) is 49.3 Å². The first-order chi connectivity index (χ1) is 12.4. The summed E-state index contributed by atoms with van der Waals surface area (Å²) in [6.45, 7) is 8.74. The number of carboxylic acid groups (broad SMARTS) is 1. The Balaban J connectivity index is 1.52. The maximum atomic E-state index is 11.0. The lowest BCUT2D eigenvalue weighted by molar-refractivity contribution is -0.137. The molecule has 4 rings (SSSR count). The number of fused-ring (bicyclic) bond motifs is 5. The Morgan fingerprint density at radius 2 is 1.85 bits per heavy atom. The van der Waals surface area contributed by atoms with Crippen molar-refractivity contribution in [3.8, 4) is 0 Å². The number of carboxylic acids is 1. The van der Waals surface area contributed by atoms with Crippen LogP contribution in [0.4, 0.5) is 0 Å². The van der Waals surface area contributed by atoms with E-state index in [9.17, 15) is 4.79 Å². The third-order valence-corrected chi connectivity index (χ3v) is 9.73. The van der Waals surface area contributed by atoms with Crippen LogP contribution in [0.15, 0.2) is 0 Å². The number of nitrogens with one attached hydrogen (secondary N) is 1. The molecular formula is C23H39NO2. The van der Waals surface area contributed by atoms with Gasteiger partial charge in [-0.2, -0.15) is 0 Å². The van der Waals surface area contributed by atoms with Gasteiger partial charge in [0.15, 0.2) is 0 Å². The second-order valence-corrected chi connectivity index (χ2v) is 10.7. The SMILES string of the molecule is C[C@H](CCC(=O)O)[C@H]1CC[C@H]2[C@@H]3CCC4NCCC[C@]4(C)[C@H]3CC[C@]12C. The molecular weight excluding hydrogens is 322 g/mol. The second-order valence-electron chi connectivity index (χ2n) is 10.7. The molecule has 1 saturated heterocycles. The number of aliphatic carboxylic acids is 1. The van der Waals surface area contributed by atoms with E-state index >= 15 is 0 Å². The number of rotatable bonds is 4. The predicted molar refractivity (Wildman–Crippen MR) is 105 cm³/mol. The van der Waals surface area contributed by atoms with E-state index in [0.717, 1.165) is 36.1 Å². The van der Waals surface area contributed by atoms with Gasteiger partial charge in [0.05, 0.1) is 0 Å². The molecule has 1 unspecified atom stereocenters. The normalized spacial score (nSPS) is 49.0. The van der Waals surface area contributed by atoms with Crippen LogP contribution in [0.2, 0.25) is 0 Å². The van der Waals surface area contributed by atoms with Crippen molar-refractivity contribution in [2.24, 2.45) is 40.4 Å². The summed E-state index contributed by atoms with van der Waals surface area (Å²) in [5.41, 5.74) is 0.986. The molecule has 0 bridgehead atoms. The molecule has 8 atom stereocenters. The van der Waals surface area contributed by atoms with Crippen molar-refractivity contribution < 1.29 is 9.90 Å². The Kier molecular flexibility index (Phi) is 4.91. The molecule has 1 heterocycles. The van der Waals surface area contributed by atoms with Crippen LogP contribution in [0.25, 0.3) is 0 Å². The molecule has 3 saturated carbocycles. The van der Waals surface area contributed by atoms with Gasteiger partial charge >= 0.3 is 5.97 Å². The maximum absolute atomic E-state index is 11.0. The van der Waals surface area contributed by atoms with Crippen LogP contribution in [0.3, 0.4) is 0 Å². The highest BCUT2D eigenvalue weighted by molar-refractivity contribution is 5.66. The zero-order valence-corrected chi connectivity index (χ0v) is 17.1. The summed E-state index contributed by atoms with van der Waals surface area (Å²) in [7, 11) is 0. The Bertz CT molecular complexity index is 548. The van der Waals surface area contributed by atoms with Gasteiger partial charge in [-0.3, -0.25) is 4.79 Å². The zero-order chi connectivity index (χ0) is 18.5. The van der Waals surface area contributed by atoms with Gasteiger partial charge < -0.3 is 10.4 Å². The van der Waals surface area contributed by atoms with Gasteiger partial charge in [-0.05, 0) is 105 Å². The molecule has 0 amide bonds. The quantitative estimate of drug-likeness (QED) is 0.732. The molecule has 0 spiro atoms. The predicted octanol–water partition coefficient (Wildman–Crippen LogP) is 5.10. The number of piperidine rings is 1. The van der Waals surface area contributed by atoms with Gasteiger partial charge in [-0.15, -0.1) is 0 Å². The van der Waals surface area contributed by atoms with E-state index < -0.39 is 5.97 Å². The van der Waals surface area contributed by atoms with Crippen molar-refractivity contribution in [3.05, 3.63) is 0 Å². The summed E-state index contributed by atoms with van der Waals surface area (Å²) in [5, 5.41) is 13.0. The average molecular weight is 362 g/mol. The summed E-state index contributed by atoms with van der Waals surface area (Å²) < 4.78 is 0. The highest BCUT2D eigenvalue weighted by Crippen LogP contribution is 2.66. The van der Waals surface area contributed by atoms with Crippen LogP contribution in [0.1, 0.15) is 85.0 Å². The zero-order valence-electron chi connectivity index (χ0n) is 17.1. The molecule has 2 N–H and O–H groups in total. The van der Waals surface area contributed by atoms with Crippen molar-refractivity contribution in [2.75, 3.05) is 6.54 Å². The molecule has 148 valence electrons. The molecule has 0 radical (unpaired) electrons. The second kappa shape index (κ2) is 6.79. The van der Waals surface area contributed by atoms with Crippen molar-refractivity contribution >= 4 is 5.97 Å². The van der Waals surface area contributed by atoms with Crippen molar-refractivity contribution in [3.63, 3.8) is 0 Å². The van der Waals surface area contributed by atoms with E-state index in [1.807, 2.05) is 0 Å². The summed E-state index contributed by atoms with van der Waals surface area (Å²) >= 11 is 0. The number of hydrogen-bond acceptors (Lipinski definition) is 2. The molecule has 1 aliphatic heterocycles. The highest BCUT2D eigenvalue weighted by Gasteiger charge is 2.60. The van der Waals surface area contributed by atoms with Crippen LogP contribution in [-0.2, 0) is 4.79 Å². The maximum Gasteiger partial charge on any atom is 0.303 e. The van der Waals surface area contributed by atoms with Crippen molar-refractivity contribution in [2.45, 2.75) is 91.0 Å². The first-order valence-corrected chi connectivity index (χ1v) is 11.3. The third-order valence-electron chi connectivity index (χ3n) is 9.73. The van der Waals surface area contributed by atoms with Gasteiger partial charge in [0, 0.05) is 12.5 Å². The van der Waals surface area contributed by atoms with Gasteiger partial charge in [-0.1, -0.05) is 20.8 Å². The Morgan fingerprint density at radius 1 is 1.08 bits per heavy atom. The van der Waals surface area contributed by atoms with Gasteiger partial charge in [0.25, 0.3) is 0 Å². The summed E-state index contributed by atoms with van der Waals surface area (Å²) in [4.78, 5) is 11.0. The molecule has 26 heavy (non-hydrogen) atoms. The summed E-state index contributed by atoms with van der Waals surface area (Å²) in [5.74, 6) is 3.39. The van der Waals surface area contributed by atoms with E-state index in [0.29, 0.717) is 23.2 Å². The van der Waals surface area contributed by atoms with Crippen LogP contribution in [0.5, 0.6) is 0 Å². The van der Waals surface area contributed by atoms with Gasteiger partial charge in [-0.25, -0.2) is 0 Å². The first-order valence-electron chi connectivity index (χ1n) is 11.3. The minimum absolute atomic E-state index is 0.343. The van der Waals surface area contributed by atoms with Gasteiger partial charge in [0.1, 0.15) is 0 Å². The van der Waals surface area contributed by atoms with Crippen LogP contribution in [-0.4, -0.2) is 23.7 Å². The molecule has 0 aromatic heterocycles. The largest absolute Gasteiger partial charge is 0.481 e. The van der Waals surface area contributed by atoms with E-state index in [-0.39, 0.29) is 0 Å². The van der Waals surface area contributed by atoms with Crippen molar-refractivity contribution in [1.82, 2.24) is 5.32 Å². The molecule has 0 aromatic rings. The molecule has 3 nitrogen and oxygen atoms in total. The summed E-state index contributed by atoms with van der Waals surface area (Å²) in [6.07, 6.45) is 12.3. The summed E-state index contributed by atoms with van der Waals surface area (Å²) in [6, 6.07) is 0.758. The molecule has 4 fully saturated rings. The Hall–Kier alpha value is -0.570. The van der Waals surface area contributed by atoms with E-state index in [1.165, 1.54) is 57.9 Å². The monoisotopic (exact) mass is 361 g/mol. The van der Waals surface area contributed by atoms with E-state index in [1.54, 1.807) is 0 Å². The molecule has 4 aliphatic rings. The molecule has 3 heteroatoms. The molecule has 0 aromatic carbocycles. The lowest BCUT2D eigenvalue weighted by Gasteiger charge is -2.60. The van der Waals surface area contributed by atoms with Crippen LogP contribution < -0.4 is 5.32 Å². The molecule has 3 aliphatic carbocycles. The van der Waals surface area contributed by atoms with Crippen LogP contribution in [0, 0.1) is 40.4 Å². The van der Waals surface area contributed by atoms with E-state index in [2.05, 4.69) is 26.1 Å². The van der Waals surface area contributed by atoms with Crippen molar-refractivity contribution in [1.29, 1.82) is 0 Å². The highest BCUT2D eigenvalue weighted by atomic mass is 16.4. The first kappa shape index (κ1) is 18.8. The fourth-order valence-corrected chi connectivity index (χ4v) is 8.42. The fourth-order valence-electron chi connectivity index (χ4n) is 8.42. The van der Waals surface area contributed by atoms with Crippen LogP contribution >= 0.6 is 0 Å². The minimum atomic E-state index is -0.628. The lowest BCUT2D eigenvalue weighted by Crippen LogP contribution is -2.59. The van der Waals surface area contributed by atoms with Gasteiger partial charge in [0.2, 0.25) is 0 Å². The standard InChI is InChI=1S/C23H39NO2/c1-15(5-10-21(25)26)17-7-8-18-16-6-9-20-23(3,12-4-14-24-20)19(16)11-13-22(17,18)2/h15-20,24H,4-14H2,1-3H3,(H,25,26)/t15-,16+,17-,18+,19+,20?,22-,23-/m1/s1. The minimum Gasteiger partial charge on any atom is -0.481 e. The third kappa shape index (κ3) is 2.84. The number of hydrogen-bond donors (Lipinski definition) is 2. The van der Waals surface area contributed by atoms with E-state index in [4.69, 9.17) is 5.11 Å².